The van der Waals surface area contributed by atoms with E-state index in [0.29, 0.717) is 18.4 Å². The quantitative estimate of drug-likeness (QED) is 0.876. The predicted octanol–water partition coefficient (Wildman–Crippen LogP) is 2.64. The number of hydrogen-bond acceptors (Lipinski definition) is 3. The standard InChI is InChI=1S/C15H21NO3/c1-11(13-2-4-14(17)5-3-13)16-8-6-12(7-9-16)10-15(18)19/h2-5,11-12,17H,6-10H2,1H3,(H,18,19). The minimum atomic E-state index is -0.690. The van der Waals surface area contributed by atoms with Crippen LogP contribution in [0.3, 0.4) is 0 Å². The molecule has 0 radical (unpaired) electrons. The summed E-state index contributed by atoms with van der Waals surface area (Å²) in [6.45, 7) is 4.05. The lowest BCUT2D eigenvalue weighted by Crippen LogP contribution is -2.36. The van der Waals surface area contributed by atoms with Gasteiger partial charge < -0.3 is 10.2 Å². The third-order valence-electron chi connectivity index (χ3n) is 4.04. The normalized spacial score (nSPS) is 19.2. The summed E-state index contributed by atoms with van der Waals surface area (Å²) in [7, 11) is 0. The molecule has 1 unspecified atom stereocenters. The van der Waals surface area contributed by atoms with Crippen molar-refractivity contribution >= 4 is 5.97 Å². The number of carboxylic acids is 1. The van der Waals surface area contributed by atoms with E-state index in [1.165, 1.54) is 5.56 Å². The van der Waals surface area contributed by atoms with E-state index < -0.39 is 5.97 Å². The Morgan fingerprint density at radius 1 is 1.32 bits per heavy atom. The van der Waals surface area contributed by atoms with Crippen LogP contribution in [0.25, 0.3) is 0 Å². The molecule has 1 aromatic carbocycles. The number of hydrogen-bond donors (Lipinski definition) is 2. The van der Waals surface area contributed by atoms with Gasteiger partial charge in [-0.15, -0.1) is 0 Å². The van der Waals surface area contributed by atoms with E-state index in [9.17, 15) is 9.90 Å². The SMILES string of the molecule is CC(c1ccc(O)cc1)N1CCC(CC(=O)O)CC1. The zero-order valence-electron chi connectivity index (χ0n) is 11.2. The van der Waals surface area contributed by atoms with Crippen LogP contribution in [0, 0.1) is 5.92 Å². The summed E-state index contributed by atoms with van der Waals surface area (Å²) in [6.07, 6.45) is 2.20. The van der Waals surface area contributed by atoms with Gasteiger partial charge in [0.05, 0.1) is 0 Å². The second kappa shape index (κ2) is 6.06. The van der Waals surface area contributed by atoms with Gasteiger partial charge in [-0.2, -0.15) is 0 Å². The Hall–Kier alpha value is -1.55. The number of benzene rings is 1. The molecule has 0 bridgehead atoms. The highest BCUT2D eigenvalue weighted by atomic mass is 16.4. The van der Waals surface area contributed by atoms with Crippen molar-refractivity contribution in [2.24, 2.45) is 5.92 Å². The highest BCUT2D eigenvalue weighted by Crippen LogP contribution is 2.28. The number of nitrogens with zero attached hydrogens (tertiary/aromatic N) is 1. The Morgan fingerprint density at radius 2 is 1.89 bits per heavy atom. The Bertz CT molecular complexity index is 422. The Labute approximate surface area is 113 Å². The predicted molar refractivity (Wildman–Crippen MR) is 73.1 cm³/mol. The maximum absolute atomic E-state index is 10.7. The van der Waals surface area contributed by atoms with Crippen LogP contribution in [-0.2, 0) is 4.79 Å². The Morgan fingerprint density at radius 3 is 2.42 bits per heavy atom. The van der Waals surface area contributed by atoms with Crippen LogP contribution in [0.5, 0.6) is 5.75 Å². The maximum Gasteiger partial charge on any atom is 0.303 e. The van der Waals surface area contributed by atoms with Crippen LogP contribution < -0.4 is 0 Å². The smallest absolute Gasteiger partial charge is 0.303 e. The summed E-state index contributed by atoms with van der Waals surface area (Å²) in [5, 5.41) is 18.1. The van der Waals surface area contributed by atoms with Crippen LogP contribution in [0.4, 0.5) is 0 Å². The molecule has 4 heteroatoms. The monoisotopic (exact) mass is 263 g/mol. The fourth-order valence-corrected chi connectivity index (χ4v) is 2.75. The summed E-state index contributed by atoms with van der Waals surface area (Å²) in [6, 6.07) is 7.63. The highest BCUT2D eigenvalue weighted by Gasteiger charge is 2.24. The van der Waals surface area contributed by atoms with Crippen molar-refractivity contribution in [1.29, 1.82) is 0 Å². The summed E-state index contributed by atoms with van der Waals surface area (Å²) < 4.78 is 0. The highest BCUT2D eigenvalue weighted by molar-refractivity contribution is 5.67. The first-order valence-electron chi connectivity index (χ1n) is 6.81. The summed E-state index contributed by atoms with van der Waals surface area (Å²) >= 11 is 0. The number of rotatable bonds is 4. The van der Waals surface area contributed by atoms with E-state index in [1.807, 2.05) is 12.1 Å². The van der Waals surface area contributed by atoms with Crippen molar-refractivity contribution in [1.82, 2.24) is 4.90 Å². The van der Waals surface area contributed by atoms with Gasteiger partial charge in [0.25, 0.3) is 0 Å². The van der Waals surface area contributed by atoms with Crippen molar-refractivity contribution in [3.63, 3.8) is 0 Å². The summed E-state index contributed by atoms with van der Waals surface area (Å²) in [5.41, 5.74) is 1.19. The van der Waals surface area contributed by atoms with Crippen LogP contribution >= 0.6 is 0 Å². The number of likely N-dealkylation sites (tertiary alicyclic amines) is 1. The van der Waals surface area contributed by atoms with Crippen molar-refractivity contribution in [3.05, 3.63) is 29.8 Å². The molecule has 2 rings (SSSR count). The van der Waals surface area contributed by atoms with Gasteiger partial charge in [-0.1, -0.05) is 12.1 Å². The van der Waals surface area contributed by atoms with E-state index in [2.05, 4.69) is 11.8 Å². The second-order valence-electron chi connectivity index (χ2n) is 5.34. The summed E-state index contributed by atoms with van der Waals surface area (Å²) in [4.78, 5) is 13.1. The van der Waals surface area contributed by atoms with Gasteiger partial charge in [-0.25, -0.2) is 0 Å². The average molecular weight is 263 g/mol. The molecular formula is C15H21NO3. The molecule has 1 aromatic rings. The molecule has 4 nitrogen and oxygen atoms in total. The molecule has 0 spiro atoms. The van der Waals surface area contributed by atoms with E-state index in [4.69, 9.17) is 5.11 Å². The molecule has 1 fully saturated rings. The summed E-state index contributed by atoms with van der Waals surface area (Å²) in [5.74, 6) is -0.0816. The first-order chi connectivity index (χ1) is 9.06. The van der Waals surface area contributed by atoms with Crippen molar-refractivity contribution < 1.29 is 15.0 Å². The van der Waals surface area contributed by atoms with Gasteiger partial charge >= 0.3 is 5.97 Å². The third kappa shape index (κ3) is 3.70. The maximum atomic E-state index is 10.7. The lowest BCUT2D eigenvalue weighted by atomic mass is 9.92. The minimum absolute atomic E-state index is 0.288. The molecule has 19 heavy (non-hydrogen) atoms. The Balaban J connectivity index is 1.90. The lowest BCUT2D eigenvalue weighted by molar-refractivity contribution is -0.138. The van der Waals surface area contributed by atoms with Crippen LogP contribution in [0.2, 0.25) is 0 Å². The number of carboxylic acid groups (broad SMARTS) is 1. The number of phenols is 1. The number of phenolic OH excluding ortho intramolecular Hbond substituents is 1. The second-order valence-corrected chi connectivity index (χ2v) is 5.34. The molecule has 1 aliphatic rings. The van der Waals surface area contributed by atoms with Crippen molar-refractivity contribution in [2.75, 3.05) is 13.1 Å². The number of aromatic hydroxyl groups is 1. The molecule has 1 aliphatic heterocycles. The first-order valence-corrected chi connectivity index (χ1v) is 6.81. The third-order valence-corrected chi connectivity index (χ3v) is 4.04. The molecule has 0 saturated carbocycles. The fourth-order valence-electron chi connectivity index (χ4n) is 2.75. The number of aliphatic carboxylic acids is 1. The van der Waals surface area contributed by atoms with Gasteiger partial charge in [-0.3, -0.25) is 9.69 Å². The topological polar surface area (TPSA) is 60.8 Å². The van der Waals surface area contributed by atoms with Crippen molar-refractivity contribution in [3.8, 4) is 5.75 Å². The fraction of sp³-hybridized carbons (Fsp3) is 0.533. The van der Waals surface area contributed by atoms with Crippen LogP contribution in [0.1, 0.15) is 37.8 Å². The number of piperidine rings is 1. The first kappa shape index (κ1) is 13.9. The van der Waals surface area contributed by atoms with Gasteiger partial charge in [0.15, 0.2) is 0 Å². The van der Waals surface area contributed by atoms with Crippen LogP contribution in [-0.4, -0.2) is 34.2 Å². The van der Waals surface area contributed by atoms with Gasteiger partial charge in [0.2, 0.25) is 0 Å². The molecule has 1 heterocycles. The molecular weight excluding hydrogens is 242 g/mol. The van der Waals surface area contributed by atoms with Gasteiger partial charge in [-0.05, 0) is 56.5 Å². The zero-order valence-corrected chi connectivity index (χ0v) is 11.2. The van der Waals surface area contributed by atoms with E-state index in [-0.39, 0.29) is 5.75 Å². The number of carbonyl (C=O) groups is 1. The van der Waals surface area contributed by atoms with Crippen LogP contribution in [0.15, 0.2) is 24.3 Å². The molecule has 0 amide bonds. The lowest BCUT2D eigenvalue weighted by Gasteiger charge is -2.35. The minimum Gasteiger partial charge on any atom is -0.508 e. The molecule has 1 saturated heterocycles. The molecule has 2 N–H and O–H groups in total. The van der Waals surface area contributed by atoms with E-state index in [1.54, 1.807) is 12.1 Å². The van der Waals surface area contributed by atoms with E-state index in [0.717, 1.165) is 25.9 Å². The Kier molecular flexibility index (Phi) is 4.43. The average Bonchev–Trinajstić information content (AvgIpc) is 2.39. The largest absolute Gasteiger partial charge is 0.508 e. The molecule has 1 atom stereocenters. The van der Waals surface area contributed by atoms with Crippen molar-refractivity contribution in [2.45, 2.75) is 32.2 Å². The molecule has 104 valence electrons. The zero-order chi connectivity index (χ0) is 13.8. The van der Waals surface area contributed by atoms with Gasteiger partial charge in [0.1, 0.15) is 5.75 Å². The molecule has 0 aromatic heterocycles. The van der Waals surface area contributed by atoms with Gasteiger partial charge in [0, 0.05) is 12.5 Å². The molecule has 0 aliphatic carbocycles. The van der Waals surface area contributed by atoms with E-state index >= 15 is 0 Å².